The summed E-state index contributed by atoms with van der Waals surface area (Å²) in [5.41, 5.74) is 3.97. The topological polar surface area (TPSA) is 75.1 Å². The van der Waals surface area contributed by atoms with Crippen LogP contribution in [-0.2, 0) is 6.42 Å². The Morgan fingerprint density at radius 3 is 2.48 bits per heavy atom. The van der Waals surface area contributed by atoms with E-state index in [9.17, 15) is 4.79 Å². The minimum Gasteiger partial charge on any atom is -0.478 e. The Bertz CT molecular complexity index is 1310. The lowest BCUT2D eigenvalue weighted by atomic mass is 10.1. The molecule has 0 saturated carbocycles. The number of aromatic carboxylic acids is 1. The van der Waals surface area contributed by atoms with Crippen molar-refractivity contribution in [2.75, 3.05) is 5.32 Å². The second-order valence-electron chi connectivity index (χ2n) is 7.41. The van der Waals surface area contributed by atoms with Gasteiger partial charge in [0.05, 0.1) is 10.4 Å². The first-order valence-electron chi connectivity index (χ1n) is 10.5. The highest BCUT2D eigenvalue weighted by atomic mass is 32.1. The fourth-order valence-electron chi connectivity index (χ4n) is 3.34. The highest BCUT2D eigenvalue weighted by Crippen LogP contribution is 2.31. The normalized spacial score (nSPS) is 10.9. The maximum Gasteiger partial charge on any atom is 0.335 e. The Morgan fingerprint density at radius 2 is 1.79 bits per heavy atom. The van der Waals surface area contributed by atoms with Gasteiger partial charge < -0.3 is 10.4 Å². The van der Waals surface area contributed by atoms with E-state index in [1.54, 1.807) is 35.6 Å². The van der Waals surface area contributed by atoms with Crippen LogP contribution >= 0.6 is 11.3 Å². The van der Waals surface area contributed by atoms with Crippen molar-refractivity contribution in [3.63, 3.8) is 0 Å². The van der Waals surface area contributed by atoms with Gasteiger partial charge in [0.2, 0.25) is 0 Å². The number of rotatable bonds is 8. The van der Waals surface area contributed by atoms with Crippen LogP contribution in [0.2, 0.25) is 0 Å². The Labute approximate surface area is 196 Å². The summed E-state index contributed by atoms with van der Waals surface area (Å²) in [6.07, 6.45) is 6.62. The van der Waals surface area contributed by atoms with E-state index in [1.165, 1.54) is 0 Å². The highest BCUT2D eigenvalue weighted by Gasteiger charge is 2.14. The molecule has 164 valence electrons. The molecule has 5 nitrogen and oxygen atoms in total. The van der Waals surface area contributed by atoms with E-state index in [4.69, 9.17) is 15.1 Å². The van der Waals surface area contributed by atoms with Crippen molar-refractivity contribution in [3.8, 4) is 10.7 Å². The first-order chi connectivity index (χ1) is 16.0. The van der Waals surface area contributed by atoms with Crippen molar-refractivity contribution in [2.24, 2.45) is 0 Å². The fraction of sp³-hybridized carbons (Fsp3) is 0.0741. The molecular formula is C27H23N3O2S. The predicted octanol–water partition coefficient (Wildman–Crippen LogP) is 6.85. The van der Waals surface area contributed by atoms with Gasteiger partial charge in [-0.1, -0.05) is 42.5 Å². The van der Waals surface area contributed by atoms with Gasteiger partial charge >= 0.3 is 5.97 Å². The molecule has 6 heteroatoms. The molecule has 2 aromatic heterocycles. The summed E-state index contributed by atoms with van der Waals surface area (Å²) >= 11 is 1.63. The molecule has 0 radical (unpaired) electrons. The van der Waals surface area contributed by atoms with Crippen LogP contribution in [0.5, 0.6) is 0 Å². The van der Waals surface area contributed by atoms with E-state index in [0.717, 1.165) is 32.3 Å². The minimum atomic E-state index is -0.955. The van der Waals surface area contributed by atoms with E-state index < -0.39 is 5.97 Å². The lowest BCUT2D eigenvalue weighted by Gasteiger charge is -2.14. The molecule has 0 aliphatic rings. The van der Waals surface area contributed by atoms with Crippen LogP contribution in [0.1, 0.15) is 32.1 Å². The first kappa shape index (κ1) is 22.2. The summed E-state index contributed by atoms with van der Waals surface area (Å²) in [7, 11) is 0. The molecule has 0 atom stereocenters. The van der Waals surface area contributed by atoms with Crippen LogP contribution in [0.15, 0.2) is 79.4 Å². The van der Waals surface area contributed by atoms with Gasteiger partial charge in [0, 0.05) is 21.8 Å². The molecule has 0 spiro atoms. The number of anilines is 2. The summed E-state index contributed by atoms with van der Waals surface area (Å²) < 4.78 is 0. The van der Waals surface area contributed by atoms with Crippen molar-refractivity contribution in [1.29, 1.82) is 0 Å². The van der Waals surface area contributed by atoms with Crippen molar-refractivity contribution < 1.29 is 9.90 Å². The van der Waals surface area contributed by atoms with Crippen LogP contribution in [0.3, 0.4) is 0 Å². The zero-order valence-corrected chi connectivity index (χ0v) is 19.0. The van der Waals surface area contributed by atoms with Crippen LogP contribution in [-0.4, -0.2) is 21.0 Å². The van der Waals surface area contributed by atoms with E-state index in [1.807, 2.05) is 37.3 Å². The quantitative estimate of drug-likeness (QED) is 0.285. The van der Waals surface area contributed by atoms with Crippen molar-refractivity contribution in [3.05, 3.63) is 107 Å². The number of aryl methyl sites for hydroxylation is 1. The third-order valence-corrected chi connectivity index (χ3v) is 6.09. The fourth-order valence-corrected chi connectivity index (χ4v) is 4.18. The molecule has 33 heavy (non-hydrogen) atoms. The first-order valence-corrected chi connectivity index (χ1v) is 11.3. The predicted molar refractivity (Wildman–Crippen MR) is 136 cm³/mol. The number of carboxylic acid groups (broad SMARTS) is 1. The Hall–Kier alpha value is -4.03. The third-order valence-electron chi connectivity index (χ3n) is 5.04. The Balaban J connectivity index is 1.63. The zero-order chi connectivity index (χ0) is 23.2. The van der Waals surface area contributed by atoms with Crippen LogP contribution in [0.25, 0.3) is 22.9 Å². The summed E-state index contributed by atoms with van der Waals surface area (Å²) in [6.45, 7) is 5.82. The molecule has 2 heterocycles. The van der Waals surface area contributed by atoms with Crippen LogP contribution in [0.4, 0.5) is 11.5 Å². The van der Waals surface area contributed by atoms with Gasteiger partial charge in [-0.2, -0.15) is 0 Å². The van der Waals surface area contributed by atoms with E-state index in [2.05, 4.69) is 42.2 Å². The molecule has 0 fully saturated rings. The SMILES string of the molecule is C=CCc1c(C)nc(-c2ccc(/C=C/c3ccccc3)s2)nc1Nc1ccc(C(=O)O)cc1. The Morgan fingerprint density at radius 1 is 1.03 bits per heavy atom. The maximum absolute atomic E-state index is 11.1. The molecule has 2 N–H and O–H groups in total. The smallest absolute Gasteiger partial charge is 0.335 e. The summed E-state index contributed by atoms with van der Waals surface area (Å²) in [5.74, 6) is 0.383. The van der Waals surface area contributed by atoms with Gasteiger partial charge in [0.25, 0.3) is 0 Å². The summed E-state index contributed by atoms with van der Waals surface area (Å²) in [6, 6.07) is 20.9. The van der Waals surface area contributed by atoms with Crippen molar-refractivity contribution >= 4 is 41.0 Å². The van der Waals surface area contributed by atoms with Gasteiger partial charge in [-0.05, 0) is 61.4 Å². The lowest BCUT2D eigenvalue weighted by Crippen LogP contribution is -2.05. The molecule has 0 bridgehead atoms. The van der Waals surface area contributed by atoms with E-state index in [-0.39, 0.29) is 5.56 Å². The molecule has 0 aliphatic carbocycles. The molecule has 0 amide bonds. The Kier molecular flexibility index (Phi) is 6.76. The standard InChI is InChI=1S/C27H23N3O2S/c1-3-7-23-18(2)28-26(30-25(23)29-21-13-11-20(12-14-21)27(31)32)24-17-16-22(33-24)15-10-19-8-5-4-6-9-19/h3-6,8-17H,1,7H2,2H3,(H,31,32)(H,28,29,30)/b15-10+. The largest absolute Gasteiger partial charge is 0.478 e. The number of nitrogens with one attached hydrogen (secondary N) is 1. The highest BCUT2D eigenvalue weighted by molar-refractivity contribution is 7.16. The van der Waals surface area contributed by atoms with Crippen LogP contribution in [0, 0.1) is 6.92 Å². The molecule has 0 unspecified atom stereocenters. The molecule has 0 aliphatic heterocycles. The number of hydrogen-bond donors (Lipinski definition) is 2. The number of nitrogens with zero attached hydrogens (tertiary/aromatic N) is 2. The summed E-state index contributed by atoms with van der Waals surface area (Å²) in [4.78, 5) is 22.8. The average Bonchev–Trinajstić information content (AvgIpc) is 3.30. The van der Waals surface area contributed by atoms with Gasteiger partial charge in [0.1, 0.15) is 5.82 Å². The second kappa shape index (κ2) is 10.1. The molecule has 0 saturated heterocycles. The number of carboxylic acids is 1. The summed E-state index contributed by atoms with van der Waals surface area (Å²) in [5, 5.41) is 12.5. The molecule has 4 rings (SSSR count). The van der Waals surface area contributed by atoms with Gasteiger partial charge in [0.15, 0.2) is 5.82 Å². The number of allylic oxidation sites excluding steroid dienone is 1. The van der Waals surface area contributed by atoms with E-state index >= 15 is 0 Å². The molecular weight excluding hydrogens is 430 g/mol. The van der Waals surface area contributed by atoms with Crippen molar-refractivity contribution in [1.82, 2.24) is 9.97 Å². The zero-order valence-electron chi connectivity index (χ0n) is 18.2. The van der Waals surface area contributed by atoms with Crippen molar-refractivity contribution in [2.45, 2.75) is 13.3 Å². The average molecular weight is 454 g/mol. The maximum atomic E-state index is 11.1. The van der Waals surface area contributed by atoms with Gasteiger partial charge in [-0.25, -0.2) is 14.8 Å². The van der Waals surface area contributed by atoms with Crippen LogP contribution < -0.4 is 5.32 Å². The molecule has 2 aromatic carbocycles. The number of thiophene rings is 1. The monoisotopic (exact) mass is 453 g/mol. The number of benzene rings is 2. The third kappa shape index (κ3) is 5.42. The minimum absolute atomic E-state index is 0.237. The number of carbonyl (C=O) groups is 1. The number of aromatic nitrogens is 2. The molecule has 4 aromatic rings. The van der Waals surface area contributed by atoms with E-state index in [0.29, 0.717) is 18.1 Å². The van der Waals surface area contributed by atoms with Gasteiger partial charge in [-0.3, -0.25) is 0 Å². The van der Waals surface area contributed by atoms with Gasteiger partial charge in [-0.15, -0.1) is 17.9 Å². The number of hydrogen-bond acceptors (Lipinski definition) is 5. The lowest BCUT2D eigenvalue weighted by molar-refractivity contribution is 0.0697. The second-order valence-corrected chi connectivity index (χ2v) is 8.52.